The number of nitrogens with zero attached hydrogens (tertiary/aromatic N) is 3. The van der Waals surface area contributed by atoms with E-state index in [0.29, 0.717) is 27.8 Å². The van der Waals surface area contributed by atoms with E-state index in [2.05, 4.69) is 20.7 Å². The fraction of sp³-hybridized carbons (Fsp3) is 0.0435. The van der Waals surface area contributed by atoms with Crippen LogP contribution in [-0.2, 0) is 0 Å². The molecule has 0 saturated carbocycles. The Morgan fingerprint density at radius 1 is 0.970 bits per heavy atom. The monoisotopic (exact) mass is 481 g/mol. The van der Waals surface area contributed by atoms with Crippen LogP contribution in [0.1, 0.15) is 20.8 Å². The molecule has 2 aromatic carbocycles. The van der Waals surface area contributed by atoms with Crippen molar-refractivity contribution in [2.45, 2.75) is 0 Å². The number of hydrogen-bond donors (Lipinski definition) is 3. The van der Waals surface area contributed by atoms with E-state index in [1.54, 1.807) is 61.6 Å². The SMILES string of the molecule is CNc1ccc(Cl)c(-c2ccc(Cl)c(C(=O)Nc3cc(C(=O)O)nn3-c3ccccc3)c2)n1. The number of aromatic carboxylic acids is 1. The molecular formula is C23H17Cl2N5O3. The molecule has 166 valence electrons. The quantitative estimate of drug-likeness (QED) is 0.347. The van der Waals surface area contributed by atoms with Crippen molar-refractivity contribution in [3.8, 4) is 16.9 Å². The molecule has 0 saturated heterocycles. The normalized spacial score (nSPS) is 10.6. The number of carbonyl (C=O) groups is 2. The topological polar surface area (TPSA) is 109 Å². The Bertz CT molecular complexity index is 1360. The van der Waals surface area contributed by atoms with Gasteiger partial charge in [0.05, 0.1) is 27.0 Å². The fourth-order valence-electron chi connectivity index (χ4n) is 3.15. The van der Waals surface area contributed by atoms with Crippen LogP contribution >= 0.6 is 23.2 Å². The minimum Gasteiger partial charge on any atom is -0.476 e. The second kappa shape index (κ2) is 9.32. The molecule has 4 aromatic rings. The smallest absolute Gasteiger partial charge is 0.356 e. The van der Waals surface area contributed by atoms with Crippen molar-refractivity contribution in [3.05, 3.63) is 88.0 Å². The number of nitrogens with one attached hydrogen (secondary N) is 2. The number of benzene rings is 2. The molecule has 8 nitrogen and oxygen atoms in total. The lowest BCUT2D eigenvalue weighted by Crippen LogP contribution is -2.15. The number of carboxylic acid groups (broad SMARTS) is 1. The van der Waals surface area contributed by atoms with Crippen LogP contribution in [0.2, 0.25) is 10.0 Å². The molecule has 0 aliphatic rings. The van der Waals surface area contributed by atoms with Gasteiger partial charge in [0.15, 0.2) is 5.69 Å². The highest BCUT2D eigenvalue weighted by Gasteiger charge is 2.19. The summed E-state index contributed by atoms with van der Waals surface area (Å²) in [5, 5.41) is 19.7. The van der Waals surface area contributed by atoms with Gasteiger partial charge in [-0.2, -0.15) is 5.10 Å². The molecule has 3 N–H and O–H groups in total. The molecule has 0 aliphatic carbocycles. The lowest BCUT2D eigenvalue weighted by Gasteiger charge is -2.12. The molecular weight excluding hydrogens is 465 g/mol. The van der Waals surface area contributed by atoms with E-state index in [1.165, 1.54) is 10.7 Å². The van der Waals surface area contributed by atoms with Gasteiger partial charge in [0.1, 0.15) is 11.6 Å². The van der Waals surface area contributed by atoms with Crippen molar-refractivity contribution >= 4 is 46.7 Å². The van der Waals surface area contributed by atoms with E-state index in [-0.39, 0.29) is 22.1 Å². The Labute approximate surface area is 198 Å². The van der Waals surface area contributed by atoms with Crippen LogP contribution in [-0.4, -0.2) is 38.8 Å². The highest BCUT2D eigenvalue weighted by Crippen LogP contribution is 2.31. The maximum atomic E-state index is 13.1. The second-order valence-electron chi connectivity index (χ2n) is 6.89. The van der Waals surface area contributed by atoms with E-state index >= 15 is 0 Å². The van der Waals surface area contributed by atoms with E-state index < -0.39 is 11.9 Å². The van der Waals surface area contributed by atoms with Gasteiger partial charge in [-0.3, -0.25) is 4.79 Å². The molecule has 0 unspecified atom stereocenters. The minimum atomic E-state index is -1.22. The average molecular weight is 482 g/mol. The Balaban J connectivity index is 1.72. The Morgan fingerprint density at radius 2 is 1.70 bits per heavy atom. The number of amides is 1. The lowest BCUT2D eigenvalue weighted by atomic mass is 10.1. The fourth-order valence-corrected chi connectivity index (χ4v) is 3.57. The van der Waals surface area contributed by atoms with Crippen LogP contribution in [0.4, 0.5) is 11.6 Å². The molecule has 33 heavy (non-hydrogen) atoms. The zero-order valence-electron chi connectivity index (χ0n) is 17.2. The molecule has 0 fully saturated rings. The molecule has 0 bridgehead atoms. The Kier molecular flexibility index (Phi) is 6.30. The first-order valence-corrected chi connectivity index (χ1v) is 10.5. The van der Waals surface area contributed by atoms with Crippen molar-refractivity contribution in [2.24, 2.45) is 0 Å². The molecule has 2 heterocycles. The molecule has 0 radical (unpaired) electrons. The van der Waals surface area contributed by atoms with Crippen molar-refractivity contribution < 1.29 is 14.7 Å². The maximum Gasteiger partial charge on any atom is 0.356 e. The summed E-state index contributed by atoms with van der Waals surface area (Å²) in [6, 6.07) is 18.4. The molecule has 1 amide bonds. The summed E-state index contributed by atoms with van der Waals surface area (Å²) in [4.78, 5) is 29.1. The van der Waals surface area contributed by atoms with Crippen molar-refractivity contribution in [3.63, 3.8) is 0 Å². The van der Waals surface area contributed by atoms with Gasteiger partial charge in [0.25, 0.3) is 5.91 Å². The largest absolute Gasteiger partial charge is 0.476 e. The molecule has 2 aromatic heterocycles. The summed E-state index contributed by atoms with van der Waals surface area (Å²) >= 11 is 12.6. The van der Waals surface area contributed by atoms with Gasteiger partial charge < -0.3 is 15.7 Å². The summed E-state index contributed by atoms with van der Waals surface area (Å²) in [7, 11) is 1.74. The lowest BCUT2D eigenvalue weighted by molar-refractivity contribution is 0.0689. The number of aromatic nitrogens is 3. The van der Waals surface area contributed by atoms with Crippen LogP contribution in [0.15, 0.2) is 66.7 Å². The number of rotatable bonds is 6. The predicted molar refractivity (Wildman–Crippen MR) is 128 cm³/mol. The zero-order chi connectivity index (χ0) is 23.5. The van der Waals surface area contributed by atoms with E-state index in [1.807, 2.05) is 6.07 Å². The van der Waals surface area contributed by atoms with Crippen molar-refractivity contribution in [2.75, 3.05) is 17.7 Å². The molecule has 0 atom stereocenters. The van der Waals surface area contributed by atoms with Crippen molar-refractivity contribution in [1.29, 1.82) is 0 Å². The molecule has 4 rings (SSSR count). The van der Waals surface area contributed by atoms with Gasteiger partial charge in [-0.15, -0.1) is 0 Å². The maximum absolute atomic E-state index is 13.1. The highest BCUT2D eigenvalue weighted by molar-refractivity contribution is 6.35. The number of anilines is 2. The second-order valence-corrected chi connectivity index (χ2v) is 7.71. The van der Waals surface area contributed by atoms with Crippen LogP contribution < -0.4 is 10.6 Å². The Hall–Kier alpha value is -3.88. The first-order valence-electron chi connectivity index (χ1n) is 9.71. The highest BCUT2D eigenvalue weighted by atomic mass is 35.5. The minimum absolute atomic E-state index is 0.166. The zero-order valence-corrected chi connectivity index (χ0v) is 18.7. The summed E-state index contributed by atoms with van der Waals surface area (Å²) in [6.07, 6.45) is 0. The van der Waals surface area contributed by atoms with Gasteiger partial charge in [0, 0.05) is 18.7 Å². The van der Waals surface area contributed by atoms with Crippen LogP contribution in [0.25, 0.3) is 16.9 Å². The molecule has 0 spiro atoms. The number of carboxylic acids is 1. The standard InChI is InChI=1S/C23H17Cl2N5O3/c1-26-19-10-9-17(25)21(27-19)13-7-8-16(24)15(11-13)22(31)28-20-12-18(23(32)33)29-30(20)14-5-3-2-4-6-14/h2-12H,1H3,(H,26,27)(H,28,31)(H,32,33). The number of carbonyl (C=O) groups excluding carboxylic acids is 1. The van der Waals surface area contributed by atoms with Gasteiger partial charge in [-0.05, 0) is 36.4 Å². The third-order valence-corrected chi connectivity index (χ3v) is 5.39. The third kappa shape index (κ3) is 4.67. The summed E-state index contributed by atoms with van der Waals surface area (Å²) in [5.74, 6) is -0.969. The first kappa shape index (κ1) is 22.3. The molecule has 10 heteroatoms. The average Bonchev–Trinajstić information content (AvgIpc) is 3.24. The third-order valence-electron chi connectivity index (χ3n) is 4.76. The summed E-state index contributed by atoms with van der Waals surface area (Å²) in [6.45, 7) is 0. The number of hydrogen-bond acceptors (Lipinski definition) is 5. The predicted octanol–water partition coefficient (Wildman–Crippen LogP) is 5.23. The van der Waals surface area contributed by atoms with Gasteiger partial charge in [0.2, 0.25) is 0 Å². The van der Waals surface area contributed by atoms with Gasteiger partial charge in [-0.25, -0.2) is 14.5 Å². The Morgan fingerprint density at radius 3 is 2.39 bits per heavy atom. The number of halogens is 2. The van der Waals surface area contributed by atoms with E-state index in [9.17, 15) is 14.7 Å². The van der Waals surface area contributed by atoms with E-state index in [4.69, 9.17) is 23.2 Å². The summed E-state index contributed by atoms with van der Waals surface area (Å²) < 4.78 is 1.34. The van der Waals surface area contributed by atoms with Gasteiger partial charge in [-0.1, -0.05) is 47.5 Å². The van der Waals surface area contributed by atoms with Crippen LogP contribution in [0.3, 0.4) is 0 Å². The van der Waals surface area contributed by atoms with Crippen LogP contribution in [0, 0.1) is 0 Å². The summed E-state index contributed by atoms with van der Waals surface area (Å²) in [5.41, 5.74) is 1.61. The van der Waals surface area contributed by atoms with Crippen LogP contribution in [0.5, 0.6) is 0 Å². The number of pyridine rings is 1. The number of para-hydroxylation sites is 1. The van der Waals surface area contributed by atoms with Crippen molar-refractivity contribution in [1.82, 2.24) is 14.8 Å². The first-order chi connectivity index (χ1) is 15.9. The molecule has 0 aliphatic heterocycles. The van der Waals surface area contributed by atoms with E-state index in [0.717, 1.165) is 0 Å². The van der Waals surface area contributed by atoms with Gasteiger partial charge >= 0.3 is 5.97 Å².